The topological polar surface area (TPSA) is 92.3 Å². The van der Waals surface area contributed by atoms with Crippen molar-refractivity contribution in [3.63, 3.8) is 0 Å². The number of rotatable bonds is 8. The maximum atomic E-state index is 14.1. The standard InChI is InChI=1S/C33H38BrNO7/c1-18-30(33(37)42-21-9-7-6-8-10-21)31(22-16-28(40-4)29(41-5)17-23(22)34)32-24(35-18)13-20(14-25(32)36)19-11-12-26(38-2)27(15-19)39-3/h11-12,15-17,20-21,31,35H,6-10,13-14H2,1-5H3/t20-,31-/m1/s1. The summed E-state index contributed by atoms with van der Waals surface area (Å²) in [6.07, 6.45) is 5.74. The number of hydrogen-bond donors (Lipinski definition) is 1. The number of ether oxygens (including phenoxy) is 5. The average Bonchev–Trinajstić information content (AvgIpc) is 3.00. The zero-order valence-corrected chi connectivity index (χ0v) is 26.4. The van der Waals surface area contributed by atoms with Gasteiger partial charge in [0.2, 0.25) is 0 Å². The van der Waals surface area contributed by atoms with E-state index in [2.05, 4.69) is 21.2 Å². The van der Waals surface area contributed by atoms with Crippen molar-refractivity contribution in [2.45, 2.75) is 69.8 Å². The number of hydrogen-bond acceptors (Lipinski definition) is 8. The van der Waals surface area contributed by atoms with Gasteiger partial charge in [-0.25, -0.2) is 4.79 Å². The van der Waals surface area contributed by atoms with Gasteiger partial charge in [0, 0.05) is 33.8 Å². The van der Waals surface area contributed by atoms with Gasteiger partial charge in [-0.1, -0.05) is 28.4 Å². The van der Waals surface area contributed by atoms with E-state index in [0.717, 1.165) is 48.9 Å². The van der Waals surface area contributed by atoms with E-state index in [1.54, 1.807) is 28.4 Å². The summed E-state index contributed by atoms with van der Waals surface area (Å²) in [5.41, 5.74) is 4.26. The Morgan fingerprint density at radius 3 is 2.17 bits per heavy atom. The van der Waals surface area contributed by atoms with Crippen LogP contribution in [0.4, 0.5) is 0 Å². The van der Waals surface area contributed by atoms with E-state index in [1.165, 1.54) is 0 Å². The van der Waals surface area contributed by atoms with Gasteiger partial charge in [-0.3, -0.25) is 4.79 Å². The molecule has 2 aliphatic carbocycles. The summed E-state index contributed by atoms with van der Waals surface area (Å²) >= 11 is 3.71. The van der Waals surface area contributed by atoms with Gasteiger partial charge >= 0.3 is 5.97 Å². The first-order chi connectivity index (χ1) is 20.3. The molecule has 1 aliphatic heterocycles. The van der Waals surface area contributed by atoms with Gasteiger partial charge in [0.05, 0.1) is 34.0 Å². The summed E-state index contributed by atoms with van der Waals surface area (Å²) < 4.78 is 28.9. The number of carbonyl (C=O) groups excluding carboxylic acids is 2. The van der Waals surface area contributed by atoms with Crippen LogP contribution in [0.3, 0.4) is 0 Å². The van der Waals surface area contributed by atoms with E-state index >= 15 is 0 Å². The second-order valence-electron chi connectivity index (χ2n) is 11.0. The molecule has 9 heteroatoms. The number of nitrogens with one attached hydrogen (secondary N) is 1. The molecule has 0 saturated heterocycles. The predicted octanol–water partition coefficient (Wildman–Crippen LogP) is 6.72. The van der Waals surface area contributed by atoms with E-state index in [1.807, 2.05) is 37.3 Å². The lowest BCUT2D eigenvalue weighted by Gasteiger charge is -2.37. The second kappa shape index (κ2) is 12.8. The molecule has 224 valence electrons. The van der Waals surface area contributed by atoms with Gasteiger partial charge in [-0.15, -0.1) is 0 Å². The lowest BCUT2D eigenvalue weighted by atomic mass is 9.71. The van der Waals surface area contributed by atoms with Crippen molar-refractivity contribution in [2.75, 3.05) is 28.4 Å². The van der Waals surface area contributed by atoms with Crippen molar-refractivity contribution in [3.05, 3.63) is 68.5 Å². The lowest BCUT2D eigenvalue weighted by Crippen LogP contribution is -2.37. The number of halogens is 1. The highest BCUT2D eigenvalue weighted by Crippen LogP contribution is 2.49. The van der Waals surface area contributed by atoms with Gasteiger partial charge in [0.25, 0.3) is 0 Å². The van der Waals surface area contributed by atoms with E-state index in [-0.39, 0.29) is 23.8 Å². The number of methoxy groups -OCH3 is 4. The normalized spacial score (nSPS) is 21.0. The van der Waals surface area contributed by atoms with Crippen LogP contribution in [0.5, 0.6) is 23.0 Å². The van der Waals surface area contributed by atoms with Crippen LogP contribution in [0.1, 0.15) is 74.8 Å². The Morgan fingerprint density at radius 2 is 1.50 bits per heavy atom. The van der Waals surface area contributed by atoms with Crippen molar-refractivity contribution in [3.8, 4) is 23.0 Å². The van der Waals surface area contributed by atoms with Gasteiger partial charge < -0.3 is 29.0 Å². The molecule has 5 rings (SSSR count). The first-order valence-electron chi connectivity index (χ1n) is 14.4. The number of allylic oxidation sites excluding steroid dienone is 3. The van der Waals surface area contributed by atoms with Crippen LogP contribution in [0, 0.1) is 0 Å². The van der Waals surface area contributed by atoms with Gasteiger partial charge in [-0.2, -0.15) is 0 Å². The summed E-state index contributed by atoms with van der Waals surface area (Å²) in [4.78, 5) is 28.0. The molecule has 2 atom stereocenters. The molecule has 0 radical (unpaired) electrons. The lowest BCUT2D eigenvalue weighted by molar-refractivity contribution is -0.146. The SMILES string of the molecule is COc1ccc([C@H]2CC(=O)C3=C(C2)NC(C)=C(C(=O)OC2CCCCC2)[C@H]3c2cc(OC)c(OC)cc2Br)cc1OC. The number of dihydropyridines is 1. The predicted molar refractivity (Wildman–Crippen MR) is 162 cm³/mol. The van der Waals surface area contributed by atoms with Crippen LogP contribution < -0.4 is 24.3 Å². The fourth-order valence-electron chi connectivity index (χ4n) is 6.45. The second-order valence-corrected chi connectivity index (χ2v) is 11.9. The zero-order chi connectivity index (χ0) is 30.0. The van der Waals surface area contributed by atoms with Gasteiger partial charge in [0.1, 0.15) is 6.10 Å². The average molecular weight is 641 g/mol. The molecule has 2 aromatic carbocycles. The molecular formula is C33H38BrNO7. The Hall–Kier alpha value is -3.46. The largest absolute Gasteiger partial charge is 0.493 e. The smallest absolute Gasteiger partial charge is 0.337 e. The summed E-state index contributed by atoms with van der Waals surface area (Å²) in [5, 5.41) is 3.45. The third kappa shape index (κ3) is 5.76. The van der Waals surface area contributed by atoms with Crippen LogP contribution in [-0.2, 0) is 14.3 Å². The molecular weight excluding hydrogens is 602 g/mol. The highest BCUT2D eigenvalue weighted by molar-refractivity contribution is 9.10. The molecule has 1 saturated carbocycles. The number of benzene rings is 2. The Bertz CT molecular complexity index is 1440. The van der Waals surface area contributed by atoms with Crippen molar-refractivity contribution >= 4 is 27.7 Å². The third-order valence-electron chi connectivity index (χ3n) is 8.57. The van der Waals surface area contributed by atoms with Gasteiger partial charge in [0.15, 0.2) is 28.8 Å². The van der Waals surface area contributed by atoms with E-state index in [9.17, 15) is 9.59 Å². The van der Waals surface area contributed by atoms with Gasteiger partial charge in [-0.05, 0) is 80.3 Å². The number of carbonyl (C=O) groups is 2. The molecule has 3 aliphatic rings. The fraction of sp³-hybridized carbons (Fsp3) is 0.455. The van der Waals surface area contributed by atoms with Crippen molar-refractivity contribution < 1.29 is 33.3 Å². The Morgan fingerprint density at radius 1 is 0.857 bits per heavy atom. The van der Waals surface area contributed by atoms with Crippen LogP contribution in [0.2, 0.25) is 0 Å². The molecule has 0 amide bonds. The molecule has 0 spiro atoms. The van der Waals surface area contributed by atoms with Crippen molar-refractivity contribution in [1.82, 2.24) is 5.32 Å². The molecule has 0 bridgehead atoms. The Labute approximate surface area is 255 Å². The molecule has 0 unspecified atom stereocenters. The summed E-state index contributed by atoms with van der Waals surface area (Å²) in [7, 11) is 6.35. The molecule has 8 nitrogen and oxygen atoms in total. The first kappa shape index (κ1) is 30.0. The molecule has 2 aromatic rings. The Balaban J connectivity index is 1.58. The maximum absolute atomic E-state index is 14.1. The quantitative estimate of drug-likeness (QED) is 0.318. The maximum Gasteiger partial charge on any atom is 0.337 e. The monoisotopic (exact) mass is 639 g/mol. The van der Waals surface area contributed by atoms with Crippen LogP contribution >= 0.6 is 15.9 Å². The molecule has 42 heavy (non-hydrogen) atoms. The fourth-order valence-corrected chi connectivity index (χ4v) is 7.00. The van der Waals surface area contributed by atoms with E-state index in [4.69, 9.17) is 23.7 Å². The molecule has 0 aromatic heterocycles. The third-order valence-corrected chi connectivity index (χ3v) is 9.25. The van der Waals surface area contributed by atoms with E-state index < -0.39 is 5.92 Å². The zero-order valence-electron chi connectivity index (χ0n) is 24.8. The summed E-state index contributed by atoms with van der Waals surface area (Å²) in [5.74, 6) is 1.21. The minimum atomic E-state index is -0.634. The first-order valence-corrected chi connectivity index (χ1v) is 15.2. The minimum absolute atomic E-state index is 0.0225. The van der Waals surface area contributed by atoms with E-state index in [0.29, 0.717) is 57.2 Å². The van der Waals surface area contributed by atoms with Crippen molar-refractivity contribution in [2.24, 2.45) is 0 Å². The summed E-state index contributed by atoms with van der Waals surface area (Å²) in [6.45, 7) is 1.88. The number of esters is 1. The molecule has 1 N–H and O–H groups in total. The molecule has 1 fully saturated rings. The highest BCUT2D eigenvalue weighted by Gasteiger charge is 2.43. The number of Topliss-reactive ketones (excluding diaryl/α,β-unsaturated/α-hetero) is 1. The van der Waals surface area contributed by atoms with Crippen LogP contribution in [-0.4, -0.2) is 46.3 Å². The van der Waals surface area contributed by atoms with Crippen LogP contribution in [0.25, 0.3) is 0 Å². The molecule has 1 heterocycles. The Kier molecular flexibility index (Phi) is 9.16. The highest BCUT2D eigenvalue weighted by atomic mass is 79.9. The minimum Gasteiger partial charge on any atom is -0.493 e. The van der Waals surface area contributed by atoms with Crippen LogP contribution in [0.15, 0.2) is 57.3 Å². The van der Waals surface area contributed by atoms with Crippen molar-refractivity contribution in [1.29, 1.82) is 0 Å². The number of ketones is 1. The summed E-state index contributed by atoms with van der Waals surface area (Å²) in [6, 6.07) is 9.44.